The molecule has 1 atom stereocenters. The Morgan fingerprint density at radius 3 is 2.38 bits per heavy atom. The highest BCUT2D eigenvalue weighted by atomic mass is 16.3. The van der Waals surface area contributed by atoms with E-state index in [9.17, 15) is 19.5 Å². The molecule has 1 heterocycles. The Morgan fingerprint density at radius 2 is 1.76 bits per heavy atom. The van der Waals surface area contributed by atoms with E-state index in [1.807, 2.05) is 18.7 Å². The van der Waals surface area contributed by atoms with Gasteiger partial charge in [0.1, 0.15) is 0 Å². The van der Waals surface area contributed by atoms with E-state index in [0.717, 1.165) is 17.4 Å². The highest BCUT2D eigenvalue weighted by Crippen LogP contribution is 2.06. The predicted octanol–water partition coefficient (Wildman–Crippen LogP) is 0.642. The molecule has 0 aliphatic heterocycles. The Labute approximate surface area is 171 Å². The van der Waals surface area contributed by atoms with Gasteiger partial charge >= 0.3 is 5.69 Å². The fourth-order valence-corrected chi connectivity index (χ4v) is 3.55. The molecule has 0 aliphatic carbocycles. The summed E-state index contributed by atoms with van der Waals surface area (Å²) >= 11 is 0. The molecule has 2 rings (SSSR count). The molecule has 1 aromatic heterocycles. The third-order valence-electron chi connectivity index (χ3n) is 4.92. The van der Waals surface area contributed by atoms with Gasteiger partial charge in [0.05, 0.1) is 30.1 Å². The van der Waals surface area contributed by atoms with Gasteiger partial charge in [-0.2, -0.15) is 0 Å². The minimum absolute atomic E-state index is 0.0159. The number of fused-ring (bicyclic) bond motifs is 1. The topological polar surface area (TPSA) is 87.8 Å². The average molecular weight is 405 g/mol. The number of nitrogens with zero attached hydrogens (tertiary/aromatic N) is 4. The van der Waals surface area contributed by atoms with Crippen LogP contribution in [-0.4, -0.2) is 69.3 Å². The zero-order chi connectivity index (χ0) is 21.6. The van der Waals surface area contributed by atoms with Crippen LogP contribution in [0.1, 0.15) is 26.7 Å². The number of benzene rings is 1. The number of likely N-dealkylation sites (N-methyl/N-ethyl adjacent to an activating group) is 1. The number of aromatic nitrogens is 2. The van der Waals surface area contributed by atoms with Crippen molar-refractivity contribution in [2.24, 2.45) is 7.05 Å². The number of carbonyl (C=O) groups is 1. The Morgan fingerprint density at radius 1 is 1.14 bits per heavy atom. The van der Waals surface area contributed by atoms with Gasteiger partial charge in [0, 0.05) is 26.7 Å². The van der Waals surface area contributed by atoms with Crippen LogP contribution in [0.4, 0.5) is 0 Å². The number of aryl methyl sites for hydroxylation is 1. The van der Waals surface area contributed by atoms with Crippen LogP contribution in [-0.2, 0) is 18.4 Å². The molecule has 160 valence electrons. The molecule has 1 unspecified atom stereocenters. The van der Waals surface area contributed by atoms with Crippen molar-refractivity contribution in [2.75, 3.05) is 33.2 Å². The molecule has 2 aromatic rings. The summed E-state index contributed by atoms with van der Waals surface area (Å²) < 4.78 is 2.47. The third kappa shape index (κ3) is 5.55. The quantitative estimate of drug-likeness (QED) is 0.628. The average Bonchev–Trinajstić information content (AvgIpc) is 2.69. The second-order valence-electron chi connectivity index (χ2n) is 7.51. The maximum atomic E-state index is 12.7. The highest BCUT2D eigenvalue weighted by Gasteiger charge is 2.18. The van der Waals surface area contributed by atoms with Crippen molar-refractivity contribution in [2.45, 2.75) is 39.3 Å². The second-order valence-corrected chi connectivity index (χ2v) is 7.51. The first kappa shape index (κ1) is 22.8. The molecular formula is C21H32N4O4. The molecule has 0 radical (unpaired) electrons. The lowest BCUT2D eigenvalue weighted by Gasteiger charge is -2.26. The monoisotopic (exact) mass is 404 g/mol. The van der Waals surface area contributed by atoms with Gasteiger partial charge in [-0.25, -0.2) is 4.79 Å². The highest BCUT2D eigenvalue weighted by molar-refractivity contribution is 5.78. The van der Waals surface area contributed by atoms with Crippen molar-refractivity contribution in [3.63, 3.8) is 0 Å². The Bertz CT molecular complexity index is 944. The van der Waals surface area contributed by atoms with Gasteiger partial charge in [-0.05, 0) is 32.0 Å². The number of aliphatic hydroxyl groups excluding tert-OH is 1. The van der Waals surface area contributed by atoms with E-state index in [2.05, 4.69) is 0 Å². The van der Waals surface area contributed by atoms with Crippen molar-refractivity contribution < 1.29 is 9.90 Å². The van der Waals surface area contributed by atoms with E-state index >= 15 is 0 Å². The van der Waals surface area contributed by atoms with E-state index in [1.165, 1.54) is 4.57 Å². The summed E-state index contributed by atoms with van der Waals surface area (Å²) in [6.45, 7) is 5.73. The fourth-order valence-electron chi connectivity index (χ4n) is 3.55. The van der Waals surface area contributed by atoms with Crippen LogP contribution in [0, 0.1) is 0 Å². The van der Waals surface area contributed by atoms with Crippen LogP contribution in [0.25, 0.3) is 10.9 Å². The molecule has 29 heavy (non-hydrogen) atoms. The lowest BCUT2D eigenvalue weighted by Crippen LogP contribution is -2.45. The maximum absolute atomic E-state index is 12.7. The first-order valence-electron chi connectivity index (χ1n) is 10.1. The van der Waals surface area contributed by atoms with Gasteiger partial charge in [0.2, 0.25) is 5.91 Å². The van der Waals surface area contributed by atoms with E-state index < -0.39 is 17.4 Å². The molecule has 1 N–H and O–H groups in total. The van der Waals surface area contributed by atoms with Gasteiger partial charge < -0.3 is 10.0 Å². The molecule has 8 nitrogen and oxygen atoms in total. The van der Waals surface area contributed by atoms with Crippen molar-refractivity contribution >= 4 is 16.8 Å². The van der Waals surface area contributed by atoms with E-state index in [0.29, 0.717) is 24.0 Å². The standard InChI is InChI=1S/C21H32N4O4/c1-5-11-24(12-6-2)19(27)15-22(3)13-16(26)14-25-20(28)17-9-7-8-10-18(17)23(4)21(25)29/h7-10,16,26H,5-6,11-15H2,1-4H3. The third-order valence-corrected chi connectivity index (χ3v) is 4.92. The van der Waals surface area contributed by atoms with E-state index in [4.69, 9.17) is 0 Å². The Kier molecular flexibility index (Phi) is 8.16. The van der Waals surface area contributed by atoms with Crippen LogP contribution in [0.5, 0.6) is 0 Å². The molecule has 0 saturated carbocycles. The van der Waals surface area contributed by atoms with E-state index in [1.54, 1.807) is 43.3 Å². The van der Waals surface area contributed by atoms with Crippen LogP contribution in [0.3, 0.4) is 0 Å². The minimum atomic E-state index is -0.954. The minimum Gasteiger partial charge on any atom is -0.390 e. The molecule has 0 aliphatic rings. The number of hydrogen-bond acceptors (Lipinski definition) is 5. The first-order chi connectivity index (χ1) is 13.8. The van der Waals surface area contributed by atoms with Crippen LogP contribution in [0.2, 0.25) is 0 Å². The summed E-state index contributed by atoms with van der Waals surface area (Å²) in [6.07, 6.45) is 0.837. The smallest absolute Gasteiger partial charge is 0.331 e. The van der Waals surface area contributed by atoms with E-state index in [-0.39, 0.29) is 25.5 Å². The summed E-state index contributed by atoms with van der Waals surface area (Å²) in [5.74, 6) is 0.0159. The number of rotatable bonds is 10. The molecule has 1 aromatic carbocycles. The van der Waals surface area contributed by atoms with Crippen LogP contribution in [0.15, 0.2) is 33.9 Å². The zero-order valence-electron chi connectivity index (χ0n) is 17.8. The van der Waals surface area contributed by atoms with Crippen molar-refractivity contribution in [3.8, 4) is 0 Å². The fraction of sp³-hybridized carbons (Fsp3) is 0.571. The Balaban J connectivity index is 2.09. The molecule has 1 amide bonds. The van der Waals surface area contributed by atoms with Crippen molar-refractivity contribution in [3.05, 3.63) is 45.1 Å². The number of amides is 1. The number of carbonyl (C=O) groups excluding carboxylic acids is 1. The lowest BCUT2D eigenvalue weighted by atomic mass is 10.2. The van der Waals surface area contributed by atoms with Gasteiger partial charge in [-0.15, -0.1) is 0 Å². The Hall–Kier alpha value is -2.45. The van der Waals surface area contributed by atoms with Gasteiger partial charge in [0.15, 0.2) is 0 Å². The second kappa shape index (κ2) is 10.4. The summed E-state index contributed by atoms with van der Waals surface area (Å²) in [5, 5.41) is 10.9. The summed E-state index contributed by atoms with van der Waals surface area (Å²) in [6, 6.07) is 6.90. The predicted molar refractivity (Wildman–Crippen MR) is 114 cm³/mol. The largest absolute Gasteiger partial charge is 0.390 e. The summed E-state index contributed by atoms with van der Waals surface area (Å²) in [5.41, 5.74) is -0.329. The van der Waals surface area contributed by atoms with Gasteiger partial charge in [-0.3, -0.25) is 23.6 Å². The van der Waals surface area contributed by atoms with Crippen LogP contribution >= 0.6 is 0 Å². The molecular weight excluding hydrogens is 372 g/mol. The molecule has 8 heteroatoms. The molecule has 0 saturated heterocycles. The summed E-state index contributed by atoms with van der Waals surface area (Å²) in [7, 11) is 3.35. The normalized spacial score (nSPS) is 12.5. The maximum Gasteiger partial charge on any atom is 0.331 e. The first-order valence-corrected chi connectivity index (χ1v) is 10.1. The van der Waals surface area contributed by atoms with Crippen molar-refractivity contribution in [1.29, 1.82) is 0 Å². The number of hydrogen-bond donors (Lipinski definition) is 1. The molecule has 0 fully saturated rings. The van der Waals surface area contributed by atoms with Gasteiger partial charge in [-0.1, -0.05) is 26.0 Å². The van der Waals surface area contributed by atoms with Crippen LogP contribution < -0.4 is 11.2 Å². The molecule has 0 bridgehead atoms. The van der Waals surface area contributed by atoms with Gasteiger partial charge in [0.25, 0.3) is 5.56 Å². The SMILES string of the molecule is CCCN(CCC)C(=O)CN(C)CC(O)Cn1c(=O)c2ccccc2n(C)c1=O. The lowest BCUT2D eigenvalue weighted by molar-refractivity contribution is -0.132. The number of para-hydroxylation sites is 1. The number of aliphatic hydroxyl groups is 1. The molecule has 0 spiro atoms. The summed E-state index contributed by atoms with van der Waals surface area (Å²) in [4.78, 5) is 41.3. The zero-order valence-corrected chi connectivity index (χ0v) is 17.8. The van der Waals surface area contributed by atoms with Crippen molar-refractivity contribution in [1.82, 2.24) is 18.9 Å².